The Morgan fingerprint density at radius 1 is 1.03 bits per heavy atom. The number of halogens is 1. The van der Waals surface area contributed by atoms with Crippen LogP contribution in [0.5, 0.6) is 5.75 Å². The molecule has 0 aliphatic carbocycles. The standard InChI is InChI=1S/C22H26FNO2.C6H8O7/c1-15-7-10-21(26-2)16(11-15)14-24-17-8-9-18(24)13-22(25,12-17)19-5-3-4-6-20(19)23;7-3(8)1-6(13,5(11)12)2-4(9)10/h3-7,10-11,17-18,25H,8-9,12-14H2,1-2H3;13H,1-2H2,(H,7,8)(H,9,10)(H,11,12). The molecule has 2 aromatic rings. The Hall–Kier alpha value is -3.54. The van der Waals surface area contributed by atoms with Crippen LogP contribution in [0.1, 0.15) is 55.2 Å². The average Bonchev–Trinajstić information content (AvgIpc) is 3.08. The largest absolute Gasteiger partial charge is 0.496 e. The third kappa shape index (κ3) is 7.11. The third-order valence-corrected chi connectivity index (χ3v) is 7.37. The molecule has 2 aromatic carbocycles. The highest BCUT2D eigenvalue weighted by atomic mass is 19.1. The lowest BCUT2D eigenvalue weighted by molar-refractivity contribution is -0.170. The fourth-order valence-corrected chi connectivity index (χ4v) is 5.57. The maximum Gasteiger partial charge on any atom is 0.336 e. The van der Waals surface area contributed by atoms with Gasteiger partial charge in [0.2, 0.25) is 0 Å². The lowest BCUT2D eigenvalue weighted by atomic mass is 9.80. The van der Waals surface area contributed by atoms with Crippen molar-refractivity contribution >= 4 is 17.9 Å². The molecule has 212 valence electrons. The summed E-state index contributed by atoms with van der Waals surface area (Å²) in [7, 11) is 1.70. The highest BCUT2D eigenvalue weighted by Crippen LogP contribution is 2.47. The number of rotatable bonds is 9. The molecule has 2 bridgehead atoms. The molecule has 0 spiro atoms. The first-order chi connectivity index (χ1) is 18.3. The maximum atomic E-state index is 14.3. The van der Waals surface area contributed by atoms with Gasteiger partial charge < -0.3 is 30.3 Å². The summed E-state index contributed by atoms with van der Waals surface area (Å²) in [6.07, 6.45) is 0.978. The molecule has 2 atom stereocenters. The summed E-state index contributed by atoms with van der Waals surface area (Å²) in [6, 6.07) is 13.4. The Morgan fingerprint density at radius 2 is 1.59 bits per heavy atom. The van der Waals surface area contributed by atoms with Crippen LogP contribution in [0.4, 0.5) is 4.39 Å². The van der Waals surface area contributed by atoms with Crippen molar-refractivity contribution in [3.05, 3.63) is 65.0 Å². The number of aliphatic carboxylic acids is 3. The minimum Gasteiger partial charge on any atom is -0.496 e. The van der Waals surface area contributed by atoms with Gasteiger partial charge in [0.15, 0.2) is 5.60 Å². The normalized spacial score (nSPS) is 22.5. The first-order valence-electron chi connectivity index (χ1n) is 12.5. The van der Waals surface area contributed by atoms with Crippen LogP contribution in [0.25, 0.3) is 0 Å². The SMILES string of the molecule is COc1ccc(C)cc1CN1C2CCC1CC(O)(c1ccccc1F)C2.O=C(O)CC(O)(CC(=O)O)C(=O)O. The number of nitrogens with zero attached hydrogens (tertiary/aromatic N) is 1. The number of hydrogen-bond donors (Lipinski definition) is 5. The molecule has 10 nitrogen and oxygen atoms in total. The van der Waals surface area contributed by atoms with Crippen molar-refractivity contribution in [1.29, 1.82) is 0 Å². The van der Waals surface area contributed by atoms with Gasteiger partial charge >= 0.3 is 17.9 Å². The molecule has 2 unspecified atom stereocenters. The van der Waals surface area contributed by atoms with Gasteiger partial charge in [-0.05, 0) is 44.7 Å². The summed E-state index contributed by atoms with van der Waals surface area (Å²) >= 11 is 0. The van der Waals surface area contributed by atoms with Gasteiger partial charge in [0.05, 0.1) is 25.6 Å². The highest BCUT2D eigenvalue weighted by molar-refractivity contribution is 5.88. The van der Waals surface area contributed by atoms with Crippen molar-refractivity contribution in [2.75, 3.05) is 7.11 Å². The van der Waals surface area contributed by atoms with Crippen LogP contribution in [0.2, 0.25) is 0 Å². The van der Waals surface area contributed by atoms with E-state index in [4.69, 9.17) is 25.2 Å². The Kier molecular flexibility index (Phi) is 9.31. The van der Waals surface area contributed by atoms with Gasteiger partial charge in [0.25, 0.3) is 0 Å². The smallest absolute Gasteiger partial charge is 0.336 e. The zero-order valence-electron chi connectivity index (χ0n) is 21.8. The summed E-state index contributed by atoms with van der Waals surface area (Å²) in [5.41, 5.74) is -0.958. The number of methoxy groups -OCH3 is 1. The van der Waals surface area contributed by atoms with Gasteiger partial charge in [0.1, 0.15) is 11.6 Å². The lowest BCUT2D eigenvalue weighted by Crippen LogP contribution is -2.49. The third-order valence-electron chi connectivity index (χ3n) is 7.37. The van der Waals surface area contributed by atoms with Crippen molar-refractivity contribution in [3.8, 4) is 5.75 Å². The summed E-state index contributed by atoms with van der Waals surface area (Å²) in [6.45, 7) is 2.90. The van der Waals surface area contributed by atoms with E-state index in [0.717, 1.165) is 25.1 Å². The van der Waals surface area contributed by atoms with Gasteiger partial charge in [-0.2, -0.15) is 0 Å². The second-order valence-corrected chi connectivity index (χ2v) is 10.3. The van der Waals surface area contributed by atoms with Gasteiger partial charge in [-0.25, -0.2) is 9.18 Å². The van der Waals surface area contributed by atoms with Crippen molar-refractivity contribution in [2.24, 2.45) is 0 Å². The predicted molar refractivity (Wildman–Crippen MR) is 137 cm³/mol. The molecular weight excluding hydrogens is 513 g/mol. The molecular formula is C28H34FNO9. The number of ether oxygens (including phenoxy) is 1. The van der Waals surface area contributed by atoms with Crippen LogP contribution in [0.3, 0.4) is 0 Å². The predicted octanol–water partition coefficient (Wildman–Crippen LogP) is 2.91. The molecule has 2 aliphatic heterocycles. The Morgan fingerprint density at radius 3 is 2.08 bits per heavy atom. The second kappa shape index (κ2) is 12.1. The number of fused-ring (bicyclic) bond motifs is 2. The highest BCUT2D eigenvalue weighted by Gasteiger charge is 2.49. The Balaban J connectivity index is 0.000000276. The van der Waals surface area contributed by atoms with E-state index in [9.17, 15) is 23.9 Å². The van der Waals surface area contributed by atoms with E-state index in [2.05, 4.69) is 24.0 Å². The first-order valence-corrected chi connectivity index (χ1v) is 12.5. The van der Waals surface area contributed by atoms with E-state index in [1.165, 1.54) is 17.2 Å². The first kappa shape index (κ1) is 30.0. The molecule has 11 heteroatoms. The molecule has 0 radical (unpaired) electrons. The van der Waals surface area contributed by atoms with Crippen molar-refractivity contribution in [3.63, 3.8) is 0 Å². The minimum atomic E-state index is -2.74. The number of carboxylic acids is 3. The number of carboxylic acid groups (broad SMARTS) is 3. The van der Waals surface area contributed by atoms with Gasteiger partial charge in [0, 0.05) is 29.8 Å². The monoisotopic (exact) mass is 547 g/mol. The topological polar surface area (TPSA) is 165 Å². The van der Waals surface area contributed by atoms with Crippen LogP contribution < -0.4 is 4.74 Å². The molecule has 4 rings (SSSR count). The molecule has 39 heavy (non-hydrogen) atoms. The summed E-state index contributed by atoms with van der Waals surface area (Å²) in [5, 5.41) is 45.1. The molecule has 5 N–H and O–H groups in total. The molecule has 0 amide bonds. The van der Waals surface area contributed by atoms with E-state index >= 15 is 0 Å². The fourth-order valence-electron chi connectivity index (χ4n) is 5.57. The lowest BCUT2D eigenvalue weighted by Gasteiger charge is -2.44. The van der Waals surface area contributed by atoms with Gasteiger partial charge in [-0.1, -0.05) is 35.9 Å². The number of hydrogen-bond acceptors (Lipinski definition) is 7. The number of benzene rings is 2. The van der Waals surface area contributed by atoms with Gasteiger partial charge in [-0.3, -0.25) is 14.5 Å². The minimum absolute atomic E-state index is 0.267. The molecule has 2 heterocycles. The Labute approximate surface area is 225 Å². The fraction of sp³-hybridized carbons (Fsp3) is 0.464. The summed E-state index contributed by atoms with van der Waals surface area (Å²) in [5.74, 6) is -4.41. The van der Waals surface area contributed by atoms with Crippen LogP contribution in [-0.4, -0.2) is 73.1 Å². The maximum absolute atomic E-state index is 14.3. The average molecular weight is 548 g/mol. The van der Waals surface area contributed by atoms with Crippen LogP contribution >= 0.6 is 0 Å². The molecule has 2 fully saturated rings. The zero-order chi connectivity index (χ0) is 29.0. The number of aryl methyl sites for hydroxylation is 1. The summed E-state index contributed by atoms with van der Waals surface area (Å²) in [4.78, 5) is 33.0. The second-order valence-electron chi connectivity index (χ2n) is 10.3. The van der Waals surface area contributed by atoms with Gasteiger partial charge in [-0.15, -0.1) is 0 Å². The molecule has 0 saturated carbocycles. The molecule has 2 aliphatic rings. The quantitative estimate of drug-likeness (QED) is 0.315. The number of carbonyl (C=O) groups is 3. The molecule has 0 aromatic heterocycles. The number of piperidine rings is 1. The van der Waals surface area contributed by atoms with Crippen LogP contribution in [0.15, 0.2) is 42.5 Å². The zero-order valence-corrected chi connectivity index (χ0v) is 21.8. The van der Waals surface area contributed by atoms with E-state index in [1.54, 1.807) is 19.2 Å². The van der Waals surface area contributed by atoms with E-state index in [-0.39, 0.29) is 17.9 Å². The van der Waals surface area contributed by atoms with Crippen molar-refractivity contribution in [2.45, 2.75) is 75.3 Å². The van der Waals surface area contributed by atoms with Crippen molar-refractivity contribution in [1.82, 2.24) is 4.90 Å². The Bertz CT molecular complexity index is 1190. The van der Waals surface area contributed by atoms with E-state index in [0.29, 0.717) is 18.4 Å². The van der Waals surface area contributed by atoms with Crippen LogP contribution in [0, 0.1) is 12.7 Å². The van der Waals surface area contributed by atoms with Crippen LogP contribution in [-0.2, 0) is 26.5 Å². The van der Waals surface area contributed by atoms with Crippen molar-refractivity contribution < 1.29 is 49.0 Å². The molecule has 2 saturated heterocycles. The number of aliphatic hydroxyl groups is 2. The summed E-state index contributed by atoms with van der Waals surface area (Å²) < 4.78 is 19.8. The van der Waals surface area contributed by atoms with E-state index in [1.807, 2.05) is 12.1 Å². The van der Waals surface area contributed by atoms with E-state index < -0.39 is 42.0 Å².